The number of nitrogens with one attached hydrogen (secondary N) is 1. The van der Waals surface area contributed by atoms with Gasteiger partial charge in [-0.05, 0) is 12.5 Å². The minimum absolute atomic E-state index is 0.0206. The highest BCUT2D eigenvalue weighted by atomic mass is 16.2. The van der Waals surface area contributed by atoms with Crippen LogP contribution in [0.3, 0.4) is 0 Å². The van der Waals surface area contributed by atoms with Crippen molar-refractivity contribution in [1.29, 1.82) is 0 Å². The van der Waals surface area contributed by atoms with Crippen molar-refractivity contribution in [2.75, 3.05) is 18.0 Å². The number of nitrogens with zero attached hydrogens (tertiary/aromatic N) is 1. The molecule has 1 aliphatic heterocycles. The minimum atomic E-state index is -0.104. The molecule has 2 heterocycles. The average molecular weight is 207 g/mol. The Morgan fingerprint density at radius 1 is 1.53 bits per heavy atom. The molecule has 80 valence electrons. The van der Waals surface area contributed by atoms with Gasteiger partial charge in [0, 0.05) is 31.3 Å². The summed E-state index contributed by atoms with van der Waals surface area (Å²) in [6.07, 6.45) is 2.01. The van der Waals surface area contributed by atoms with Gasteiger partial charge < -0.3 is 10.7 Å². The summed E-state index contributed by atoms with van der Waals surface area (Å²) in [4.78, 5) is 27.2. The molecule has 5 nitrogen and oxygen atoms in total. The van der Waals surface area contributed by atoms with Gasteiger partial charge in [-0.1, -0.05) is 0 Å². The van der Waals surface area contributed by atoms with E-state index in [2.05, 4.69) is 4.98 Å². The van der Waals surface area contributed by atoms with Crippen LogP contribution in [-0.4, -0.2) is 24.0 Å². The maximum atomic E-state index is 11.6. The van der Waals surface area contributed by atoms with Gasteiger partial charge in [0.05, 0.1) is 0 Å². The lowest BCUT2D eigenvalue weighted by atomic mass is 10.1. The van der Waals surface area contributed by atoms with Crippen LogP contribution in [0.25, 0.3) is 0 Å². The molecule has 1 saturated heterocycles. The largest absolute Gasteiger partial charge is 0.348 e. The lowest BCUT2D eigenvalue weighted by Crippen LogP contribution is -2.27. The number of carbonyl (C=O) groups is 1. The maximum absolute atomic E-state index is 11.6. The van der Waals surface area contributed by atoms with E-state index in [9.17, 15) is 9.59 Å². The minimum Gasteiger partial charge on any atom is -0.348 e. The molecule has 1 unspecified atom stereocenters. The molecule has 1 aliphatic rings. The topological polar surface area (TPSA) is 79.2 Å². The Labute approximate surface area is 86.9 Å². The number of pyridine rings is 1. The number of H-pyrrole nitrogens is 1. The van der Waals surface area contributed by atoms with E-state index >= 15 is 0 Å². The standard InChI is InChI=1S/C10H13N3O2/c11-5-7-3-10(15)13(6-7)9-4-8(14)1-2-12-9/h1-2,4,7H,3,5-6,11H2,(H,12,14). The molecule has 2 rings (SSSR count). The molecular formula is C10H13N3O2. The lowest BCUT2D eigenvalue weighted by Gasteiger charge is -2.15. The monoisotopic (exact) mass is 207 g/mol. The molecule has 1 aromatic heterocycles. The summed E-state index contributed by atoms with van der Waals surface area (Å²) in [6, 6.07) is 2.85. The molecule has 1 atom stereocenters. The fourth-order valence-electron chi connectivity index (χ4n) is 1.76. The fourth-order valence-corrected chi connectivity index (χ4v) is 1.76. The van der Waals surface area contributed by atoms with Crippen LogP contribution >= 0.6 is 0 Å². The molecule has 0 aliphatic carbocycles. The van der Waals surface area contributed by atoms with Crippen LogP contribution in [0.4, 0.5) is 5.82 Å². The van der Waals surface area contributed by atoms with Crippen molar-refractivity contribution in [3.05, 3.63) is 28.6 Å². The molecule has 0 aromatic carbocycles. The summed E-state index contributed by atoms with van der Waals surface area (Å²) in [7, 11) is 0. The van der Waals surface area contributed by atoms with Crippen LogP contribution in [-0.2, 0) is 4.79 Å². The van der Waals surface area contributed by atoms with Crippen molar-refractivity contribution in [3.8, 4) is 0 Å². The van der Waals surface area contributed by atoms with Gasteiger partial charge in [-0.25, -0.2) is 0 Å². The smallest absolute Gasteiger partial charge is 0.228 e. The van der Waals surface area contributed by atoms with Gasteiger partial charge in [0.15, 0.2) is 5.43 Å². The first-order valence-corrected chi connectivity index (χ1v) is 4.90. The van der Waals surface area contributed by atoms with Crippen molar-refractivity contribution in [2.24, 2.45) is 11.7 Å². The summed E-state index contributed by atoms with van der Waals surface area (Å²) in [5.41, 5.74) is 5.41. The van der Waals surface area contributed by atoms with Crippen LogP contribution in [0.2, 0.25) is 0 Å². The molecule has 1 aromatic rings. The number of rotatable bonds is 2. The average Bonchev–Trinajstić information content (AvgIpc) is 2.60. The second-order valence-electron chi connectivity index (χ2n) is 3.72. The van der Waals surface area contributed by atoms with Crippen molar-refractivity contribution >= 4 is 11.7 Å². The van der Waals surface area contributed by atoms with Crippen molar-refractivity contribution in [2.45, 2.75) is 6.42 Å². The number of anilines is 1. The molecule has 0 radical (unpaired) electrons. The van der Waals surface area contributed by atoms with Crippen LogP contribution < -0.4 is 16.1 Å². The molecule has 1 amide bonds. The first-order valence-electron chi connectivity index (χ1n) is 4.90. The number of aromatic amines is 1. The molecule has 0 bridgehead atoms. The number of aromatic nitrogens is 1. The van der Waals surface area contributed by atoms with E-state index in [4.69, 9.17) is 5.73 Å². The van der Waals surface area contributed by atoms with E-state index in [1.165, 1.54) is 12.1 Å². The number of amides is 1. The van der Waals surface area contributed by atoms with Gasteiger partial charge in [-0.3, -0.25) is 14.5 Å². The van der Waals surface area contributed by atoms with E-state index in [1.807, 2.05) is 0 Å². The Morgan fingerprint density at radius 2 is 2.33 bits per heavy atom. The summed E-state index contributed by atoms with van der Waals surface area (Å²) < 4.78 is 0. The van der Waals surface area contributed by atoms with Crippen LogP contribution in [0, 0.1) is 5.92 Å². The highest BCUT2D eigenvalue weighted by Gasteiger charge is 2.29. The van der Waals surface area contributed by atoms with Crippen LogP contribution in [0.15, 0.2) is 23.1 Å². The molecule has 0 saturated carbocycles. The third kappa shape index (κ3) is 1.92. The number of nitrogens with two attached hydrogens (primary N) is 1. The van der Waals surface area contributed by atoms with Gasteiger partial charge in [-0.2, -0.15) is 0 Å². The Balaban J connectivity index is 2.25. The van der Waals surface area contributed by atoms with Gasteiger partial charge in [0.25, 0.3) is 0 Å². The van der Waals surface area contributed by atoms with Crippen molar-refractivity contribution in [3.63, 3.8) is 0 Å². The van der Waals surface area contributed by atoms with Gasteiger partial charge >= 0.3 is 0 Å². The molecule has 3 N–H and O–H groups in total. The summed E-state index contributed by atoms with van der Waals surface area (Å²) in [5.74, 6) is 0.775. The molecule has 0 spiro atoms. The summed E-state index contributed by atoms with van der Waals surface area (Å²) in [5, 5.41) is 0. The van der Waals surface area contributed by atoms with Crippen molar-refractivity contribution in [1.82, 2.24) is 4.98 Å². The van der Waals surface area contributed by atoms with E-state index < -0.39 is 0 Å². The molecule has 5 heteroatoms. The first kappa shape index (κ1) is 9.92. The molecule has 1 fully saturated rings. The van der Waals surface area contributed by atoms with Gasteiger partial charge in [0.2, 0.25) is 5.91 Å². The summed E-state index contributed by atoms with van der Waals surface area (Å²) in [6.45, 7) is 1.09. The quantitative estimate of drug-likeness (QED) is 0.698. The Hall–Kier alpha value is -1.62. The van der Waals surface area contributed by atoms with E-state index in [0.29, 0.717) is 25.3 Å². The predicted molar refractivity (Wildman–Crippen MR) is 56.6 cm³/mol. The number of hydrogen-bond donors (Lipinski definition) is 2. The van der Waals surface area contributed by atoms with Crippen LogP contribution in [0.1, 0.15) is 6.42 Å². The van der Waals surface area contributed by atoms with Gasteiger partial charge in [0.1, 0.15) is 5.82 Å². The fraction of sp³-hybridized carbons (Fsp3) is 0.400. The highest BCUT2D eigenvalue weighted by Crippen LogP contribution is 2.21. The zero-order valence-corrected chi connectivity index (χ0v) is 8.27. The zero-order valence-electron chi connectivity index (χ0n) is 8.27. The number of carbonyl (C=O) groups excluding carboxylic acids is 1. The van der Waals surface area contributed by atoms with Gasteiger partial charge in [-0.15, -0.1) is 0 Å². The SMILES string of the molecule is NCC1CC(=O)N(c2cc(=O)cc[nH]2)C1. The summed E-state index contributed by atoms with van der Waals surface area (Å²) >= 11 is 0. The second-order valence-corrected chi connectivity index (χ2v) is 3.72. The molecule has 15 heavy (non-hydrogen) atoms. The first-order chi connectivity index (χ1) is 7.20. The Morgan fingerprint density at radius 3 is 2.93 bits per heavy atom. The predicted octanol–water partition coefficient (Wildman–Crippen LogP) is -0.313. The third-order valence-corrected chi connectivity index (χ3v) is 2.59. The van der Waals surface area contributed by atoms with E-state index in [-0.39, 0.29) is 17.3 Å². The second kappa shape index (κ2) is 3.86. The van der Waals surface area contributed by atoms with Crippen LogP contribution in [0.5, 0.6) is 0 Å². The molecular weight excluding hydrogens is 194 g/mol. The normalized spacial score (nSPS) is 21.0. The van der Waals surface area contributed by atoms with E-state index in [1.54, 1.807) is 11.1 Å². The lowest BCUT2D eigenvalue weighted by molar-refractivity contribution is -0.117. The zero-order chi connectivity index (χ0) is 10.8. The Bertz CT molecular complexity index is 427. The highest BCUT2D eigenvalue weighted by molar-refractivity contribution is 5.94. The maximum Gasteiger partial charge on any atom is 0.228 e. The van der Waals surface area contributed by atoms with E-state index in [0.717, 1.165) is 0 Å². The third-order valence-electron chi connectivity index (χ3n) is 2.59. The number of hydrogen-bond acceptors (Lipinski definition) is 3. The van der Waals surface area contributed by atoms with Crippen molar-refractivity contribution < 1.29 is 4.79 Å². The Kier molecular flexibility index (Phi) is 2.55.